The molecule has 0 radical (unpaired) electrons. The maximum absolute atomic E-state index is 10.3. The van der Waals surface area contributed by atoms with Crippen LogP contribution in [0.3, 0.4) is 0 Å². The zero-order valence-electron chi connectivity index (χ0n) is 5.16. The fourth-order valence-electron chi connectivity index (χ4n) is 0.459. The molecule has 0 fully saturated rings. The van der Waals surface area contributed by atoms with Crippen LogP contribution in [0.15, 0.2) is 0 Å². The smallest absolute Gasteiger partial charge is 0.238 e. The minimum absolute atomic E-state index is 0.660. The van der Waals surface area contributed by atoms with Crippen molar-refractivity contribution in [3.05, 3.63) is 0 Å². The van der Waals surface area contributed by atoms with Gasteiger partial charge in [0.05, 0.1) is 6.10 Å². The quantitative estimate of drug-likeness (QED) is 0.256. The molecule has 5 heteroatoms. The van der Waals surface area contributed by atoms with Crippen LogP contribution in [0.25, 0.3) is 0 Å². The molecule has 0 aliphatic heterocycles. The van der Waals surface area contributed by atoms with Crippen LogP contribution in [0.4, 0.5) is 0 Å². The maximum Gasteiger partial charge on any atom is 0.238 e. The van der Waals surface area contributed by atoms with Crippen LogP contribution in [0.5, 0.6) is 0 Å². The summed E-state index contributed by atoms with van der Waals surface area (Å²) in [5, 5.41) is 8.74. The number of carbonyl (C=O) groups excluding carboxylic acids is 1. The first kappa shape index (κ1) is 8.35. The fraction of sp³-hybridized carbons (Fsp3) is 0.750. The molecule has 54 valence electrons. The minimum atomic E-state index is -0.856. The van der Waals surface area contributed by atoms with E-state index in [1.54, 1.807) is 0 Å². The lowest BCUT2D eigenvalue weighted by Crippen LogP contribution is -2.51. The van der Waals surface area contributed by atoms with Crippen molar-refractivity contribution in [1.82, 2.24) is 5.43 Å². The number of primary amides is 1. The van der Waals surface area contributed by atoms with Crippen molar-refractivity contribution in [3.63, 3.8) is 0 Å². The predicted molar refractivity (Wildman–Crippen MR) is 32.0 cm³/mol. The van der Waals surface area contributed by atoms with Crippen LogP contribution in [-0.4, -0.2) is 23.2 Å². The molecule has 0 rings (SSSR count). The van der Waals surface area contributed by atoms with E-state index in [0.717, 1.165) is 0 Å². The highest BCUT2D eigenvalue weighted by molar-refractivity contribution is 5.80. The Bertz CT molecular complexity index is 104. The van der Waals surface area contributed by atoms with Crippen molar-refractivity contribution in [2.75, 3.05) is 0 Å². The summed E-state index contributed by atoms with van der Waals surface area (Å²) in [6.07, 6.45) is -0.854. The number of nitrogens with two attached hydrogens (primary N) is 2. The Hall–Kier alpha value is -0.650. The number of hydrogen-bond acceptors (Lipinski definition) is 4. The molecule has 0 aliphatic carbocycles. The fourth-order valence-corrected chi connectivity index (χ4v) is 0.459. The molecule has 1 amide bonds. The Morgan fingerprint density at radius 1 is 1.78 bits per heavy atom. The zero-order chi connectivity index (χ0) is 7.44. The number of carbonyl (C=O) groups is 1. The Kier molecular flexibility index (Phi) is 3.15. The average molecular weight is 133 g/mol. The van der Waals surface area contributed by atoms with Crippen molar-refractivity contribution in [3.8, 4) is 0 Å². The first-order valence-electron chi connectivity index (χ1n) is 2.53. The predicted octanol–water partition coefficient (Wildman–Crippen LogP) is -2.32. The van der Waals surface area contributed by atoms with Gasteiger partial charge in [-0.2, -0.15) is 0 Å². The van der Waals surface area contributed by atoms with E-state index < -0.39 is 18.1 Å². The van der Waals surface area contributed by atoms with Gasteiger partial charge in [-0.05, 0) is 6.92 Å². The topological polar surface area (TPSA) is 101 Å². The van der Waals surface area contributed by atoms with Crippen LogP contribution in [0.2, 0.25) is 0 Å². The normalized spacial score (nSPS) is 16.8. The summed E-state index contributed by atoms with van der Waals surface area (Å²) < 4.78 is 0. The summed E-state index contributed by atoms with van der Waals surface area (Å²) in [5.74, 6) is 4.20. The molecule has 1 unspecified atom stereocenters. The standard InChI is InChI=1S/C4H11N3O2/c1-2(8)3(7-6)4(5)9/h2-3,7-8H,6H2,1H3,(H2,5,9)/t2?,3-/m0/s1. The summed E-state index contributed by atoms with van der Waals surface area (Å²) in [6.45, 7) is 1.43. The monoisotopic (exact) mass is 133 g/mol. The highest BCUT2D eigenvalue weighted by Crippen LogP contribution is 1.87. The Morgan fingerprint density at radius 2 is 2.22 bits per heavy atom. The first-order chi connectivity index (χ1) is 4.09. The second kappa shape index (κ2) is 3.39. The van der Waals surface area contributed by atoms with Crippen molar-refractivity contribution in [2.45, 2.75) is 19.1 Å². The third-order valence-corrected chi connectivity index (χ3v) is 0.968. The van der Waals surface area contributed by atoms with E-state index >= 15 is 0 Å². The summed E-state index contributed by atoms with van der Waals surface area (Å²) in [5.41, 5.74) is 6.88. The van der Waals surface area contributed by atoms with Gasteiger partial charge in [0.15, 0.2) is 0 Å². The maximum atomic E-state index is 10.3. The average Bonchev–Trinajstić information content (AvgIpc) is 1.64. The van der Waals surface area contributed by atoms with E-state index in [2.05, 4.69) is 5.43 Å². The van der Waals surface area contributed by atoms with Crippen molar-refractivity contribution in [1.29, 1.82) is 0 Å². The number of rotatable bonds is 3. The lowest BCUT2D eigenvalue weighted by molar-refractivity contribution is -0.122. The summed E-state index contributed by atoms with van der Waals surface area (Å²) >= 11 is 0. The van der Waals surface area contributed by atoms with Gasteiger partial charge < -0.3 is 10.8 Å². The third-order valence-electron chi connectivity index (χ3n) is 0.968. The van der Waals surface area contributed by atoms with Gasteiger partial charge in [0, 0.05) is 0 Å². The SMILES string of the molecule is CC(O)[C@H](NN)C(N)=O. The Balaban J connectivity index is 3.83. The zero-order valence-corrected chi connectivity index (χ0v) is 5.16. The van der Waals surface area contributed by atoms with Gasteiger partial charge in [-0.3, -0.25) is 10.6 Å². The van der Waals surface area contributed by atoms with E-state index in [4.69, 9.17) is 16.7 Å². The number of nitrogens with one attached hydrogen (secondary N) is 1. The molecule has 6 N–H and O–H groups in total. The summed E-state index contributed by atoms with van der Waals surface area (Å²) in [6, 6.07) is -0.856. The lowest BCUT2D eigenvalue weighted by Gasteiger charge is -2.13. The van der Waals surface area contributed by atoms with Gasteiger partial charge in [0.1, 0.15) is 6.04 Å². The van der Waals surface area contributed by atoms with Gasteiger partial charge in [0.2, 0.25) is 5.91 Å². The number of hydrogen-bond donors (Lipinski definition) is 4. The van der Waals surface area contributed by atoms with Crippen LogP contribution in [0, 0.1) is 0 Å². The molecule has 2 atom stereocenters. The van der Waals surface area contributed by atoms with Crippen molar-refractivity contribution < 1.29 is 9.90 Å². The third kappa shape index (κ3) is 2.41. The molecule has 0 aromatic heterocycles. The van der Waals surface area contributed by atoms with E-state index in [1.807, 2.05) is 0 Å². The van der Waals surface area contributed by atoms with Crippen molar-refractivity contribution >= 4 is 5.91 Å². The number of amides is 1. The largest absolute Gasteiger partial charge is 0.391 e. The van der Waals surface area contributed by atoms with E-state index in [9.17, 15) is 4.79 Å². The highest BCUT2D eigenvalue weighted by atomic mass is 16.3. The van der Waals surface area contributed by atoms with Gasteiger partial charge in [0.25, 0.3) is 0 Å². The second-order valence-electron chi connectivity index (χ2n) is 1.79. The number of hydrazine groups is 1. The van der Waals surface area contributed by atoms with Gasteiger partial charge in [-0.15, -0.1) is 0 Å². The lowest BCUT2D eigenvalue weighted by atomic mass is 10.2. The van der Waals surface area contributed by atoms with Gasteiger partial charge in [-0.25, -0.2) is 5.43 Å². The molecule has 0 saturated heterocycles. The minimum Gasteiger partial charge on any atom is -0.391 e. The Morgan fingerprint density at radius 3 is 2.22 bits per heavy atom. The van der Waals surface area contributed by atoms with E-state index in [-0.39, 0.29) is 0 Å². The molecule has 5 nitrogen and oxygen atoms in total. The molecule has 9 heavy (non-hydrogen) atoms. The molecule has 0 aliphatic rings. The van der Waals surface area contributed by atoms with Crippen LogP contribution >= 0.6 is 0 Å². The molecule has 0 heterocycles. The Labute approximate surface area is 53.0 Å². The number of aliphatic hydroxyl groups is 1. The molecular formula is C4H11N3O2. The molecule has 0 spiro atoms. The van der Waals surface area contributed by atoms with Crippen LogP contribution in [-0.2, 0) is 4.79 Å². The summed E-state index contributed by atoms with van der Waals surface area (Å²) in [4.78, 5) is 10.3. The van der Waals surface area contributed by atoms with Gasteiger partial charge in [-0.1, -0.05) is 0 Å². The molecule has 0 saturated carbocycles. The summed E-state index contributed by atoms with van der Waals surface area (Å²) in [7, 11) is 0. The van der Waals surface area contributed by atoms with Gasteiger partial charge >= 0.3 is 0 Å². The van der Waals surface area contributed by atoms with E-state index in [1.165, 1.54) is 6.92 Å². The molecule has 0 aromatic rings. The molecule has 0 bridgehead atoms. The molecular weight excluding hydrogens is 122 g/mol. The molecule has 0 aromatic carbocycles. The van der Waals surface area contributed by atoms with E-state index in [0.29, 0.717) is 0 Å². The second-order valence-corrected chi connectivity index (χ2v) is 1.79. The highest BCUT2D eigenvalue weighted by Gasteiger charge is 2.18. The first-order valence-corrected chi connectivity index (χ1v) is 2.53. The van der Waals surface area contributed by atoms with Crippen LogP contribution < -0.4 is 17.0 Å². The number of aliphatic hydroxyl groups excluding tert-OH is 1. The van der Waals surface area contributed by atoms with Crippen molar-refractivity contribution in [2.24, 2.45) is 11.6 Å². The van der Waals surface area contributed by atoms with Crippen LogP contribution in [0.1, 0.15) is 6.92 Å².